The Kier molecular flexibility index (Phi) is 5.03. The van der Waals surface area contributed by atoms with Crippen molar-refractivity contribution in [3.05, 3.63) is 83.9 Å². The highest BCUT2D eigenvalue weighted by Crippen LogP contribution is 2.30. The molecule has 0 bridgehead atoms. The lowest BCUT2D eigenvalue weighted by Crippen LogP contribution is -2.30. The van der Waals surface area contributed by atoms with E-state index in [1.807, 2.05) is 55.5 Å². The van der Waals surface area contributed by atoms with Crippen molar-refractivity contribution in [3.63, 3.8) is 0 Å². The van der Waals surface area contributed by atoms with Gasteiger partial charge in [-0.3, -0.25) is 9.69 Å². The van der Waals surface area contributed by atoms with Gasteiger partial charge in [-0.25, -0.2) is 0 Å². The molecule has 1 aliphatic heterocycles. The first-order valence-corrected chi connectivity index (χ1v) is 9.71. The number of benzene rings is 3. The van der Waals surface area contributed by atoms with Crippen LogP contribution in [-0.4, -0.2) is 27.4 Å². The average Bonchev–Trinajstić information content (AvgIpc) is 2.97. The first-order valence-electron chi connectivity index (χ1n) is 8.83. The molecule has 1 amide bonds. The van der Waals surface area contributed by atoms with Crippen molar-refractivity contribution in [2.24, 2.45) is 10.2 Å². The molecule has 4 rings (SSSR count). The van der Waals surface area contributed by atoms with Gasteiger partial charge >= 0.3 is 0 Å². The summed E-state index contributed by atoms with van der Waals surface area (Å²) in [5.74, 6) is 0.0709. The van der Waals surface area contributed by atoms with Crippen molar-refractivity contribution in [1.82, 2.24) is 4.90 Å². The van der Waals surface area contributed by atoms with Gasteiger partial charge in [0, 0.05) is 0 Å². The summed E-state index contributed by atoms with van der Waals surface area (Å²) in [6.07, 6.45) is 1.71. The molecule has 0 saturated carbocycles. The van der Waals surface area contributed by atoms with Crippen LogP contribution in [0.2, 0.25) is 0 Å². The van der Waals surface area contributed by atoms with E-state index in [1.165, 1.54) is 17.1 Å². The van der Waals surface area contributed by atoms with Gasteiger partial charge in [0.15, 0.2) is 5.17 Å². The number of amidine groups is 1. The zero-order chi connectivity index (χ0) is 18.6. The van der Waals surface area contributed by atoms with Crippen LogP contribution in [-0.2, 0) is 11.3 Å². The number of carbonyl (C=O) groups is 1. The number of rotatable bonds is 4. The Bertz CT molecular complexity index is 1020. The molecule has 1 heterocycles. The standard InChI is InChI=1S/C22H19N3OS/c1-16-21(26)25(15-19-12-7-11-18-10-5-6-13-20(18)19)22(27-16)24-23-14-17-8-3-2-4-9-17/h2-14,16H,15H2,1H3. The lowest BCUT2D eigenvalue weighted by atomic mass is 10.0. The largest absolute Gasteiger partial charge is 0.284 e. The number of fused-ring (bicyclic) bond motifs is 1. The molecule has 3 aromatic rings. The van der Waals surface area contributed by atoms with Crippen LogP contribution in [0.5, 0.6) is 0 Å². The molecule has 1 fully saturated rings. The SMILES string of the molecule is CC1SC(=NN=Cc2ccccc2)N(Cc2cccc3ccccc23)C1=O. The van der Waals surface area contributed by atoms with E-state index in [1.54, 1.807) is 11.1 Å². The summed E-state index contributed by atoms with van der Waals surface area (Å²) in [4.78, 5) is 14.4. The van der Waals surface area contributed by atoms with E-state index in [-0.39, 0.29) is 11.2 Å². The fraction of sp³-hybridized carbons (Fsp3) is 0.136. The highest BCUT2D eigenvalue weighted by Gasteiger charge is 2.35. The highest BCUT2D eigenvalue weighted by molar-refractivity contribution is 8.15. The minimum atomic E-state index is -0.148. The Morgan fingerprint density at radius 2 is 1.74 bits per heavy atom. The molecule has 0 radical (unpaired) electrons. The van der Waals surface area contributed by atoms with Gasteiger partial charge in [-0.2, -0.15) is 5.10 Å². The third-order valence-corrected chi connectivity index (χ3v) is 5.55. The summed E-state index contributed by atoms with van der Waals surface area (Å²) in [5, 5.41) is 11.4. The molecular weight excluding hydrogens is 354 g/mol. The molecule has 1 saturated heterocycles. The minimum Gasteiger partial charge on any atom is -0.284 e. The van der Waals surface area contributed by atoms with Crippen LogP contribution < -0.4 is 0 Å². The summed E-state index contributed by atoms with van der Waals surface area (Å²) in [5.41, 5.74) is 2.08. The fourth-order valence-corrected chi connectivity index (χ4v) is 4.01. The average molecular weight is 373 g/mol. The Labute approximate surface area is 162 Å². The van der Waals surface area contributed by atoms with Crippen LogP contribution >= 0.6 is 11.8 Å². The van der Waals surface area contributed by atoms with E-state index in [0.29, 0.717) is 11.7 Å². The summed E-state index contributed by atoms with van der Waals surface area (Å²) < 4.78 is 0. The maximum absolute atomic E-state index is 12.7. The normalized spacial score (nSPS) is 18.9. The van der Waals surface area contributed by atoms with Crippen LogP contribution in [0.3, 0.4) is 0 Å². The van der Waals surface area contributed by atoms with Crippen LogP contribution in [0.4, 0.5) is 0 Å². The van der Waals surface area contributed by atoms with Crippen molar-refractivity contribution in [2.45, 2.75) is 18.7 Å². The molecule has 3 aromatic carbocycles. The summed E-state index contributed by atoms with van der Waals surface area (Å²) in [6, 6.07) is 24.2. The van der Waals surface area contributed by atoms with Crippen molar-refractivity contribution >= 4 is 39.8 Å². The van der Waals surface area contributed by atoms with Gasteiger partial charge < -0.3 is 0 Å². The van der Waals surface area contributed by atoms with Gasteiger partial charge in [0.2, 0.25) is 5.91 Å². The van der Waals surface area contributed by atoms with E-state index in [9.17, 15) is 4.79 Å². The summed E-state index contributed by atoms with van der Waals surface area (Å²) in [7, 11) is 0. The van der Waals surface area contributed by atoms with E-state index < -0.39 is 0 Å². The van der Waals surface area contributed by atoms with Gasteiger partial charge in [0.25, 0.3) is 0 Å². The number of hydrogen-bond donors (Lipinski definition) is 0. The maximum atomic E-state index is 12.7. The molecule has 1 aliphatic rings. The quantitative estimate of drug-likeness (QED) is 0.492. The lowest BCUT2D eigenvalue weighted by molar-refractivity contribution is -0.126. The third-order valence-electron chi connectivity index (χ3n) is 4.48. The molecule has 1 unspecified atom stereocenters. The molecule has 1 atom stereocenters. The van der Waals surface area contributed by atoms with Crippen molar-refractivity contribution in [2.75, 3.05) is 0 Å². The third kappa shape index (κ3) is 3.78. The molecule has 134 valence electrons. The van der Waals surface area contributed by atoms with E-state index in [2.05, 4.69) is 34.5 Å². The molecular formula is C22H19N3OS. The molecule has 0 N–H and O–H groups in total. The van der Waals surface area contributed by atoms with Crippen molar-refractivity contribution < 1.29 is 4.79 Å². The predicted molar refractivity (Wildman–Crippen MR) is 113 cm³/mol. The Balaban J connectivity index is 1.61. The van der Waals surface area contributed by atoms with Crippen molar-refractivity contribution in [1.29, 1.82) is 0 Å². The Morgan fingerprint density at radius 3 is 2.59 bits per heavy atom. The van der Waals surface area contributed by atoms with Crippen LogP contribution in [0.25, 0.3) is 10.8 Å². The number of amides is 1. The second kappa shape index (κ2) is 7.76. The second-order valence-corrected chi connectivity index (χ2v) is 7.67. The van der Waals surface area contributed by atoms with Gasteiger partial charge in [0.1, 0.15) is 0 Å². The summed E-state index contributed by atoms with van der Waals surface area (Å²) >= 11 is 1.45. The first kappa shape index (κ1) is 17.5. The Hall–Kier alpha value is -2.92. The summed E-state index contributed by atoms with van der Waals surface area (Å²) in [6.45, 7) is 2.41. The molecule has 0 aromatic heterocycles. The van der Waals surface area contributed by atoms with Gasteiger partial charge in [0.05, 0.1) is 18.0 Å². The zero-order valence-corrected chi connectivity index (χ0v) is 15.8. The number of thioether (sulfide) groups is 1. The highest BCUT2D eigenvalue weighted by atomic mass is 32.2. The van der Waals surface area contributed by atoms with Crippen LogP contribution in [0, 0.1) is 0 Å². The lowest BCUT2D eigenvalue weighted by Gasteiger charge is -2.17. The molecule has 4 nitrogen and oxygen atoms in total. The topological polar surface area (TPSA) is 45.0 Å². The number of hydrogen-bond acceptors (Lipinski definition) is 4. The predicted octanol–water partition coefficient (Wildman–Crippen LogP) is 4.69. The fourth-order valence-electron chi connectivity index (χ4n) is 3.09. The van der Waals surface area contributed by atoms with E-state index >= 15 is 0 Å². The first-order chi connectivity index (χ1) is 13.2. The second-order valence-electron chi connectivity index (χ2n) is 6.36. The van der Waals surface area contributed by atoms with E-state index in [0.717, 1.165) is 16.5 Å². The van der Waals surface area contributed by atoms with Crippen molar-refractivity contribution in [3.8, 4) is 0 Å². The van der Waals surface area contributed by atoms with Gasteiger partial charge in [-0.1, -0.05) is 84.6 Å². The smallest absolute Gasteiger partial charge is 0.242 e. The van der Waals surface area contributed by atoms with Gasteiger partial charge in [-0.15, -0.1) is 5.10 Å². The number of carbonyl (C=O) groups excluding carboxylic acids is 1. The maximum Gasteiger partial charge on any atom is 0.242 e. The minimum absolute atomic E-state index is 0.0709. The van der Waals surface area contributed by atoms with Crippen LogP contribution in [0.15, 0.2) is 83.0 Å². The molecule has 27 heavy (non-hydrogen) atoms. The van der Waals surface area contributed by atoms with E-state index in [4.69, 9.17) is 0 Å². The van der Waals surface area contributed by atoms with Crippen LogP contribution in [0.1, 0.15) is 18.1 Å². The molecule has 5 heteroatoms. The molecule has 0 aliphatic carbocycles. The molecule has 0 spiro atoms. The monoisotopic (exact) mass is 373 g/mol. The zero-order valence-electron chi connectivity index (χ0n) is 14.9. The van der Waals surface area contributed by atoms with Gasteiger partial charge in [-0.05, 0) is 28.8 Å². The number of nitrogens with zero attached hydrogens (tertiary/aromatic N) is 3. The Morgan fingerprint density at radius 1 is 1.00 bits per heavy atom.